The molecule has 1 aliphatic rings. The highest BCUT2D eigenvalue weighted by molar-refractivity contribution is 9.10. The van der Waals surface area contributed by atoms with Crippen LogP contribution in [0, 0.1) is 0 Å². The smallest absolute Gasteiger partial charge is 0.318 e. The van der Waals surface area contributed by atoms with Crippen LogP contribution in [0.2, 0.25) is 0 Å². The van der Waals surface area contributed by atoms with Crippen molar-refractivity contribution in [1.82, 2.24) is 10.2 Å². The zero-order valence-corrected chi connectivity index (χ0v) is 10.1. The van der Waals surface area contributed by atoms with Gasteiger partial charge in [-0.25, -0.2) is 4.79 Å². The van der Waals surface area contributed by atoms with Crippen LogP contribution in [0.15, 0.2) is 30.3 Å². The topological polar surface area (TPSA) is 49.4 Å². The fraction of sp³-hybridized carbons (Fsp3) is 0.273. The lowest BCUT2D eigenvalue weighted by molar-refractivity contribution is -0.120. The zero-order valence-electron chi connectivity index (χ0n) is 8.52. The van der Waals surface area contributed by atoms with Crippen LogP contribution in [0.5, 0.6) is 0 Å². The Labute approximate surface area is 102 Å². The predicted molar refractivity (Wildman–Crippen MR) is 63.1 cm³/mol. The van der Waals surface area contributed by atoms with Gasteiger partial charge in [0.25, 0.3) is 0 Å². The SMILES string of the molecule is O=C1NC(=O)N(Cc2ccccc2)CC1Br. The molecule has 0 aromatic heterocycles. The van der Waals surface area contributed by atoms with Crippen molar-refractivity contribution in [3.8, 4) is 0 Å². The van der Waals surface area contributed by atoms with E-state index in [9.17, 15) is 9.59 Å². The quantitative estimate of drug-likeness (QED) is 0.836. The van der Waals surface area contributed by atoms with E-state index in [1.54, 1.807) is 4.90 Å². The van der Waals surface area contributed by atoms with E-state index in [1.807, 2.05) is 30.3 Å². The van der Waals surface area contributed by atoms with E-state index in [2.05, 4.69) is 21.2 Å². The lowest BCUT2D eigenvalue weighted by Gasteiger charge is -2.29. The van der Waals surface area contributed by atoms with Crippen LogP contribution in [-0.2, 0) is 11.3 Å². The van der Waals surface area contributed by atoms with Crippen molar-refractivity contribution in [3.05, 3.63) is 35.9 Å². The van der Waals surface area contributed by atoms with E-state index in [4.69, 9.17) is 0 Å². The fourth-order valence-corrected chi connectivity index (χ4v) is 2.03. The van der Waals surface area contributed by atoms with Crippen LogP contribution in [0.4, 0.5) is 4.79 Å². The summed E-state index contributed by atoms with van der Waals surface area (Å²) >= 11 is 3.23. The average Bonchev–Trinajstić information content (AvgIpc) is 2.27. The number of hydrogen-bond acceptors (Lipinski definition) is 2. The Bertz CT molecular complexity index is 408. The van der Waals surface area contributed by atoms with E-state index < -0.39 is 0 Å². The van der Waals surface area contributed by atoms with Crippen LogP contribution < -0.4 is 5.32 Å². The minimum atomic E-state index is -0.329. The van der Waals surface area contributed by atoms with E-state index in [-0.39, 0.29) is 16.8 Å². The summed E-state index contributed by atoms with van der Waals surface area (Å²) in [6.45, 7) is 0.918. The second kappa shape index (κ2) is 4.65. The first-order valence-electron chi connectivity index (χ1n) is 4.94. The molecular weight excluding hydrogens is 272 g/mol. The summed E-state index contributed by atoms with van der Waals surface area (Å²) in [7, 11) is 0. The number of halogens is 1. The molecule has 3 amide bonds. The minimum Gasteiger partial charge on any atom is -0.318 e. The summed E-state index contributed by atoms with van der Waals surface area (Å²) in [6, 6.07) is 9.35. The Morgan fingerprint density at radius 3 is 2.69 bits per heavy atom. The molecule has 0 aliphatic carbocycles. The normalized spacial score (nSPS) is 20.8. The summed E-state index contributed by atoms with van der Waals surface area (Å²) in [4.78, 5) is 24.0. The number of nitrogens with one attached hydrogen (secondary N) is 1. The molecule has 1 unspecified atom stereocenters. The van der Waals surface area contributed by atoms with Gasteiger partial charge in [0.05, 0.1) is 0 Å². The molecule has 0 saturated carbocycles. The molecule has 1 fully saturated rings. The lowest BCUT2D eigenvalue weighted by atomic mass is 10.2. The Kier molecular flexibility index (Phi) is 3.24. The van der Waals surface area contributed by atoms with E-state index >= 15 is 0 Å². The first-order chi connectivity index (χ1) is 7.66. The summed E-state index contributed by atoms with van der Waals surface area (Å²) in [6.07, 6.45) is 0. The Morgan fingerprint density at radius 2 is 2.00 bits per heavy atom. The van der Waals surface area contributed by atoms with Crippen LogP contribution >= 0.6 is 15.9 Å². The number of nitrogens with zero attached hydrogens (tertiary/aromatic N) is 1. The molecule has 1 heterocycles. The average molecular weight is 283 g/mol. The number of imide groups is 1. The maximum atomic E-state index is 11.5. The summed E-state index contributed by atoms with van der Waals surface area (Å²) < 4.78 is 0. The molecule has 5 heteroatoms. The van der Waals surface area contributed by atoms with Crippen molar-refractivity contribution < 1.29 is 9.59 Å². The number of alkyl halides is 1. The second-order valence-corrected chi connectivity index (χ2v) is 4.73. The van der Waals surface area contributed by atoms with Crippen LogP contribution in [0.3, 0.4) is 0 Å². The third-order valence-corrected chi connectivity index (χ3v) is 3.10. The summed E-state index contributed by atoms with van der Waals surface area (Å²) in [5, 5.41) is 2.30. The number of rotatable bonds is 2. The van der Waals surface area contributed by atoms with E-state index in [1.165, 1.54) is 0 Å². The van der Waals surface area contributed by atoms with E-state index in [0.29, 0.717) is 13.1 Å². The molecule has 1 aliphatic heterocycles. The third kappa shape index (κ3) is 2.41. The summed E-state index contributed by atoms with van der Waals surface area (Å²) in [5.74, 6) is -0.269. The van der Waals surface area contributed by atoms with Crippen molar-refractivity contribution in [2.75, 3.05) is 6.54 Å². The Balaban J connectivity index is 2.05. The fourth-order valence-electron chi connectivity index (χ4n) is 1.56. The molecule has 1 atom stereocenters. The van der Waals surface area contributed by atoms with Crippen molar-refractivity contribution in [3.63, 3.8) is 0 Å². The van der Waals surface area contributed by atoms with Crippen LogP contribution in [0.25, 0.3) is 0 Å². The van der Waals surface area contributed by atoms with Crippen molar-refractivity contribution in [2.45, 2.75) is 11.4 Å². The van der Waals surface area contributed by atoms with Gasteiger partial charge in [0, 0.05) is 13.1 Å². The molecule has 1 N–H and O–H groups in total. The highest BCUT2D eigenvalue weighted by Crippen LogP contribution is 2.12. The standard InChI is InChI=1S/C11H11BrN2O2/c12-9-7-14(11(16)13-10(9)15)6-8-4-2-1-3-5-8/h1-5,9H,6-7H2,(H,13,15,16). The van der Waals surface area contributed by atoms with Crippen molar-refractivity contribution in [1.29, 1.82) is 0 Å². The first kappa shape index (κ1) is 11.1. The highest BCUT2D eigenvalue weighted by atomic mass is 79.9. The molecule has 1 aromatic rings. The first-order valence-corrected chi connectivity index (χ1v) is 5.86. The molecule has 1 saturated heterocycles. The third-order valence-electron chi connectivity index (χ3n) is 2.40. The van der Waals surface area contributed by atoms with Gasteiger partial charge >= 0.3 is 6.03 Å². The largest absolute Gasteiger partial charge is 0.324 e. The van der Waals surface area contributed by atoms with Crippen LogP contribution in [-0.4, -0.2) is 28.2 Å². The van der Waals surface area contributed by atoms with Crippen LogP contribution in [0.1, 0.15) is 5.56 Å². The lowest BCUT2D eigenvalue weighted by Crippen LogP contribution is -2.54. The molecule has 1 aromatic carbocycles. The molecule has 16 heavy (non-hydrogen) atoms. The van der Waals surface area contributed by atoms with Gasteiger partial charge in [-0.1, -0.05) is 46.3 Å². The van der Waals surface area contributed by atoms with Gasteiger partial charge in [0.1, 0.15) is 4.83 Å². The molecule has 2 rings (SSSR count). The molecular formula is C11H11BrN2O2. The van der Waals surface area contributed by atoms with Gasteiger partial charge in [0.15, 0.2) is 0 Å². The predicted octanol–water partition coefficient (Wildman–Crippen LogP) is 1.50. The number of amides is 3. The van der Waals surface area contributed by atoms with Gasteiger partial charge in [-0.05, 0) is 5.56 Å². The van der Waals surface area contributed by atoms with Gasteiger partial charge in [0.2, 0.25) is 5.91 Å². The van der Waals surface area contributed by atoms with Gasteiger partial charge in [-0.3, -0.25) is 10.1 Å². The number of carbonyl (C=O) groups excluding carboxylic acids is 2. The number of urea groups is 1. The second-order valence-electron chi connectivity index (χ2n) is 3.63. The minimum absolute atomic E-state index is 0.269. The van der Waals surface area contributed by atoms with E-state index in [0.717, 1.165) is 5.56 Å². The van der Waals surface area contributed by atoms with Crippen molar-refractivity contribution in [2.24, 2.45) is 0 Å². The van der Waals surface area contributed by atoms with Crippen molar-refractivity contribution >= 4 is 27.9 Å². The maximum Gasteiger partial charge on any atom is 0.324 e. The van der Waals surface area contributed by atoms with Gasteiger partial charge < -0.3 is 4.90 Å². The molecule has 0 bridgehead atoms. The monoisotopic (exact) mass is 282 g/mol. The van der Waals surface area contributed by atoms with Gasteiger partial charge in [-0.15, -0.1) is 0 Å². The Morgan fingerprint density at radius 1 is 1.31 bits per heavy atom. The molecule has 4 nitrogen and oxygen atoms in total. The number of benzene rings is 1. The number of hydrogen-bond donors (Lipinski definition) is 1. The maximum absolute atomic E-state index is 11.5. The highest BCUT2D eigenvalue weighted by Gasteiger charge is 2.29. The molecule has 84 valence electrons. The number of carbonyl (C=O) groups is 2. The molecule has 0 radical (unpaired) electrons. The Hall–Kier alpha value is -1.36. The molecule has 0 spiro atoms. The zero-order chi connectivity index (χ0) is 11.5. The summed E-state index contributed by atoms with van der Waals surface area (Å²) in [5.41, 5.74) is 1.05. The van der Waals surface area contributed by atoms with Gasteiger partial charge in [-0.2, -0.15) is 0 Å².